The second-order valence-electron chi connectivity index (χ2n) is 5.36. The summed E-state index contributed by atoms with van der Waals surface area (Å²) in [6, 6.07) is 4.93. The maximum absolute atomic E-state index is 12.8. The van der Waals surface area contributed by atoms with Crippen molar-refractivity contribution in [1.29, 1.82) is 0 Å². The molecule has 0 aromatic heterocycles. The van der Waals surface area contributed by atoms with E-state index in [1.54, 1.807) is 17.0 Å². The number of halogens is 1. The van der Waals surface area contributed by atoms with Gasteiger partial charge in [-0.1, -0.05) is 19.3 Å². The number of hydrogen-bond acceptors (Lipinski definition) is 3. The van der Waals surface area contributed by atoms with Crippen LogP contribution in [0.25, 0.3) is 0 Å². The summed E-state index contributed by atoms with van der Waals surface area (Å²) in [4.78, 5) is 14.6. The van der Waals surface area contributed by atoms with Crippen LogP contribution in [0.4, 0.5) is 0 Å². The van der Waals surface area contributed by atoms with Crippen LogP contribution in [0.3, 0.4) is 0 Å². The van der Waals surface area contributed by atoms with Crippen molar-refractivity contribution in [3.8, 4) is 11.5 Å². The van der Waals surface area contributed by atoms with Crippen LogP contribution in [-0.2, 0) is 0 Å². The first-order valence-corrected chi connectivity index (χ1v) is 7.94. The molecule has 0 unspecified atom stereocenters. The quantitative estimate of drug-likeness (QED) is 0.848. The van der Waals surface area contributed by atoms with E-state index in [4.69, 9.17) is 16.3 Å². The molecule has 1 N–H and O–H groups in total. The molecule has 1 fully saturated rings. The highest BCUT2D eigenvalue weighted by Gasteiger charge is 2.27. The van der Waals surface area contributed by atoms with Gasteiger partial charge in [-0.3, -0.25) is 4.79 Å². The van der Waals surface area contributed by atoms with E-state index in [-0.39, 0.29) is 23.3 Å². The van der Waals surface area contributed by atoms with Crippen LogP contribution in [0.1, 0.15) is 42.5 Å². The van der Waals surface area contributed by atoms with E-state index in [0.717, 1.165) is 25.7 Å². The highest BCUT2D eigenvalue weighted by Crippen LogP contribution is 2.28. The number of carbonyl (C=O) groups is 1. The Hall–Kier alpha value is -1.42. The van der Waals surface area contributed by atoms with Crippen molar-refractivity contribution >= 4 is 17.5 Å². The second kappa shape index (κ2) is 7.55. The van der Waals surface area contributed by atoms with E-state index in [0.29, 0.717) is 18.2 Å². The third-order valence-electron chi connectivity index (χ3n) is 4.04. The molecule has 0 spiro atoms. The molecule has 0 saturated heterocycles. The molecule has 0 bridgehead atoms. The number of benzene rings is 1. The molecular formula is C16H22ClNO3. The minimum atomic E-state index is -0.168. The lowest BCUT2D eigenvalue weighted by Gasteiger charge is -2.34. The first-order valence-electron chi connectivity index (χ1n) is 7.41. The molecule has 1 aromatic rings. The molecule has 116 valence electrons. The average Bonchev–Trinajstić information content (AvgIpc) is 2.53. The Kier molecular flexibility index (Phi) is 5.74. The van der Waals surface area contributed by atoms with Crippen molar-refractivity contribution in [1.82, 2.24) is 4.90 Å². The zero-order valence-corrected chi connectivity index (χ0v) is 13.1. The fourth-order valence-electron chi connectivity index (χ4n) is 2.90. The number of nitrogens with zero attached hydrogens (tertiary/aromatic N) is 1. The number of methoxy groups -OCH3 is 1. The van der Waals surface area contributed by atoms with E-state index < -0.39 is 0 Å². The van der Waals surface area contributed by atoms with Crippen molar-refractivity contribution in [2.24, 2.45) is 0 Å². The molecule has 0 atom stereocenters. The number of rotatable bonds is 5. The number of ether oxygens (including phenoxy) is 1. The zero-order chi connectivity index (χ0) is 15.2. The Morgan fingerprint density at radius 3 is 2.71 bits per heavy atom. The summed E-state index contributed by atoms with van der Waals surface area (Å²) in [5, 5.41) is 9.98. The maximum Gasteiger partial charge on any atom is 0.258 e. The highest BCUT2D eigenvalue weighted by atomic mass is 35.5. The zero-order valence-electron chi connectivity index (χ0n) is 12.3. The van der Waals surface area contributed by atoms with Gasteiger partial charge < -0.3 is 14.7 Å². The smallest absolute Gasteiger partial charge is 0.258 e. The van der Waals surface area contributed by atoms with Crippen molar-refractivity contribution < 1.29 is 14.6 Å². The average molecular weight is 312 g/mol. The van der Waals surface area contributed by atoms with Gasteiger partial charge in [-0.15, -0.1) is 11.6 Å². The fraction of sp³-hybridized carbons (Fsp3) is 0.562. The van der Waals surface area contributed by atoms with Gasteiger partial charge in [-0.2, -0.15) is 0 Å². The number of phenolic OH excluding ortho intramolecular Hbond substituents is 1. The molecule has 1 aromatic carbocycles. The second-order valence-corrected chi connectivity index (χ2v) is 5.74. The summed E-state index contributed by atoms with van der Waals surface area (Å²) in [5.74, 6) is 0.771. The van der Waals surface area contributed by atoms with Gasteiger partial charge in [0.2, 0.25) is 0 Å². The highest BCUT2D eigenvalue weighted by molar-refractivity contribution is 6.18. The molecule has 1 saturated carbocycles. The maximum atomic E-state index is 12.8. The molecule has 21 heavy (non-hydrogen) atoms. The number of alkyl halides is 1. The molecule has 0 radical (unpaired) electrons. The minimum Gasteiger partial charge on any atom is -0.507 e. The van der Waals surface area contributed by atoms with E-state index in [1.807, 2.05) is 0 Å². The molecule has 1 amide bonds. The van der Waals surface area contributed by atoms with Crippen LogP contribution in [0.15, 0.2) is 18.2 Å². The molecule has 5 heteroatoms. The van der Waals surface area contributed by atoms with Crippen LogP contribution in [0.2, 0.25) is 0 Å². The Labute approximate surface area is 130 Å². The van der Waals surface area contributed by atoms with Gasteiger partial charge in [0.05, 0.1) is 12.7 Å². The molecule has 1 aliphatic rings. The van der Waals surface area contributed by atoms with Gasteiger partial charge in [0.25, 0.3) is 5.91 Å². The number of hydrogen-bond donors (Lipinski definition) is 1. The molecule has 1 aliphatic carbocycles. The molecule has 0 heterocycles. The van der Waals surface area contributed by atoms with Crippen LogP contribution < -0.4 is 4.74 Å². The van der Waals surface area contributed by atoms with Crippen LogP contribution in [-0.4, -0.2) is 41.5 Å². The van der Waals surface area contributed by atoms with E-state index in [9.17, 15) is 9.90 Å². The normalized spacial score (nSPS) is 15.7. The first kappa shape index (κ1) is 16.0. The molecule has 4 nitrogen and oxygen atoms in total. The number of phenols is 1. The van der Waals surface area contributed by atoms with Crippen LogP contribution >= 0.6 is 11.6 Å². The van der Waals surface area contributed by atoms with Gasteiger partial charge in [-0.25, -0.2) is 0 Å². The summed E-state index contributed by atoms with van der Waals surface area (Å²) in [6.45, 7) is 0.502. The first-order chi connectivity index (χ1) is 10.2. The lowest BCUT2D eigenvalue weighted by molar-refractivity contribution is 0.0646. The van der Waals surface area contributed by atoms with E-state index in [2.05, 4.69) is 0 Å². The summed E-state index contributed by atoms with van der Waals surface area (Å²) in [7, 11) is 1.54. The standard InChI is InChI=1S/C16H22ClNO3/c1-21-13-7-8-15(19)14(11-13)16(20)18(10-9-17)12-5-3-2-4-6-12/h7-8,11-12,19H,2-6,9-10H2,1H3. The number of aromatic hydroxyl groups is 1. The molecular weight excluding hydrogens is 290 g/mol. The summed E-state index contributed by atoms with van der Waals surface area (Å²) in [6.07, 6.45) is 5.52. The van der Waals surface area contributed by atoms with Gasteiger partial charge in [0.15, 0.2) is 0 Å². The van der Waals surface area contributed by atoms with Crippen LogP contribution in [0.5, 0.6) is 11.5 Å². The summed E-state index contributed by atoms with van der Waals surface area (Å²) >= 11 is 5.86. The Balaban J connectivity index is 2.24. The monoisotopic (exact) mass is 311 g/mol. The predicted octanol–water partition coefficient (Wildman–Crippen LogP) is 3.41. The lowest BCUT2D eigenvalue weighted by atomic mass is 9.93. The van der Waals surface area contributed by atoms with Gasteiger partial charge in [0.1, 0.15) is 11.5 Å². The van der Waals surface area contributed by atoms with Gasteiger partial charge in [0, 0.05) is 18.5 Å². The molecule has 0 aliphatic heterocycles. The molecule has 2 rings (SSSR count). The SMILES string of the molecule is COc1ccc(O)c(C(=O)N(CCCl)C2CCCCC2)c1. The number of amides is 1. The van der Waals surface area contributed by atoms with E-state index >= 15 is 0 Å². The minimum absolute atomic E-state index is 0.0174. The lowest BCUT2D eigenvalue weighted by Crippen LogP contribution is -2.42. The third kappa shape index (κ3) is 3.82. The van der Waals surface area contributed by atoms with Gasteiger partial charge >= 0.3 is 0 Å². The van der Waals surface area contributed by atoms with Crippen molar-refractivity contribution in [2.75, 3.05) is 19.5 Å². The Morgan fingerprint density at radius 1 is 1.38 bits per heavy atom. The van der Waals surface area contributed by atoms with Crippen molar-refractivity contribution in [3.63, 3.8) is 0 Å². The largest absolute Gasteiger partial charge is 0.507 e. The fourth-order valence-corrected chi connectivity index (χ4v) is 3.08. The topological polar surface area (TPSA) is 49.8 Å². The van der Waals surface area contributed by atoms with E-state index in [1.165, 1.54) is 19.6 Å². The summed E-state index contributed by atoms with van der Waals surface area (Å²) < 4.78 is 5.14. The third-order valence-corrected chi connectivity index (χ3v) is 4.20. The van der Waals surface area contributed by atoms with Crippen LogP contribution in [0, 0.1) is 0 Å². The number of carbonyl (C=O) groups excluding carboxylic acids is 1. The predicted molar refractivity (Wildman–Crippen MR) is 83.3 cm³/mol. The Bertz CT molecular complexity index is 486. The van der Waals surface area contributed by atoms with Gasteiger partial charge in [-0.05, 0) is 31.0 Å². The van der Waals surface area contributed by atoms with Crippen molar-refractivity contribution in [3.05, 3.63) is 23.8 Å². The summed E-state index contributed by atoms with van der Waals surface area (Å²) in [5.41, 5.74) is 0.282. The Morgan fingerprint density at radius 2 is 2.10 bits per heavy atom. The van der Waals surface area contributed by atoms with Crippen molar-refractivity contribution in [2.45, 2.75) is 38.1 Å².